The van der Waals surface area contributed by atoms with Gasteiger partial charge in [-0.1, -0.05) is 11.8 Å². The minimum Gasteiger partial charge on any atom is -0.422 e. The van der Waals surface area contributed by atoms with Gasteiger partial charge in [0.2, 0.25) is 0 Å². The Morgan fingerprint density at radius 1 is 1.44 bits per heavy atom. The van der Waals surface area contributed by atoms with Crippen LogP contribution >= 0.6 is 11.8 Å². The molecule has 0 saturated carbocycles. The van der Waals surface area contributed by atoms with Crippen molar-refractivity contribution in [2.45, 2.75) is 19.1 Å². The highest BCUT2D eigenvalue weighted by molar-refractivity contribution is 7.98. The van der Waals surface area contributed by atoms with E-state index in [4.69, 9.17) is 11.0 Å². The Balaban J connectivity index is 2.15. The van der Waals surface area contributed by atoms with Crippen LogP contribution in [0.2, 0.25) is 0 Å². The van der Waals surface area contributed by atoms with Crippen LogP contribution in [0.25, 0.3) is 21.9 Å². The van der Waals surface area contributed by atoms with Gasteiger partial charge in [0.05, 0.1) is 18.7 Å². The lowest BCUT2D eigenvalue weighted by Crippen LogP contribution is -2.09. The van der Waals surface area contributed by atoms with E-state index in [0.717, 1.165) is 35.1 Å². The molecular formula is C19H15NO5S2. The number of fused-ring (bicyclic) bond motifs is 2. The van der Waals surface area contributed by atoms with Crippen LogP contribution in [0, 0.1) is 18.4 Å². The molecule has 0 fully saturated rings. The van der Waals surface area contributed by atoms with Gasteiger partial charge in [-0.25, -0.2) is 18.1 Å². The van der Waals surface area contributed by atoms with Gasteiger partial charge >= 0.3 is 20.8 Å². The van der Waals surface area contributed by atoms with E-state index >= 15 is 0 Å². The molecule has 0 amide bonds. The normalized spacial score (nSPS) is 14.4. The first-order valence-electron chi connectivity index (χ1n) is 8.10. The molecule has 27 heavy (non-hydrogen) atoms. The van der Waals surface area contributed by atoms with Crippen LogP contribution in [0.5, 0.6) is 0 Å². The molecule has 8 heteroatoms. The maximum absolute atomic E-state index is 12.3. The SMILES string of the molecule is [C-]#[N+]C(=Cc1cc2cc3c(cc2oc1=O)C#CCCSC3)S(=O)(=O)OCC. The van der Waals surface area contributed by atoms with Crippen LogP contribution in [-0.4, -0.2) is 20.8 Å². The third-order valence-electron chi connectivity index (χ3n) is 3.76. The molecule has 138 valence electrons. The summed E-state index contributed by atoms with van der Waals surface area (Å²) in [4.78, 5) is 15.3. The molecule has 3 rings (SSSR count). The molecule has 1 aliphatic heterocycles. The first kappa shape index (κ1) is 19.2. The Bertz CT molecular complexity index is 1190. The van der Waals surface area contributed by atoms with E-state index in [1.807, 2.05) is 6.07 Å². The summed E-state index contributed by atoms with van der Waals surface area (Å²) in [6.45, 7) is 8.49. The summed E-state index contributed by atoms with van der Waals surface area (Å²) in [5.41, 5.74) is 1.45. The first-order valence-corrected chi connectivity index (χ1v) is 10.7. The van der Waals surface area contributed by atoms with Crippen molar-refractivity contribution in [1.82, 2.24) is 0 Å². The molecule has 0 aliphatic carbocycles. The van der Waals surface area contributed by atoms with Gasteiger partial charge in [-0.05, 0) is 36.8 Å². The molecule has 0 spiro atoms. The number of benzene rings is 1. The Morgan fingerprint density at radius 3 is 3.00 bits per heavy atom. The predicted octanol–water partition coefficient (Wildman–Crippen LogP) is 3.37. The Morgan fingerprint density at radius 2 is 2.26 bits per heavy atom. The molecule has 0 radical (unpaired) electrons. The largest absolute Gasteiger partial charge is 0.422 e. The van der Waals surface area contributed by atoms with E-state index < -0.39 is 20.8 Å². The Hall–Kier alpha value is -2.52. The zero-order chi connectivity index (χ0) is 19.4. The van der Waals surface area contributed by atoms with Gasteiger partial charge in [-0.2, -0.15) is 11.8 Å². The zero-order valence-corrected chi connectivity index (χ0v) is 16.1. The third-order valence-corrected chi connectivity index (χ3v) is 6.03. The smallest absolute Gasteiger partial charge is 0.342 e. The monoisotopic (exact) mass is 401 g/mol. The quantitative estimate of drug-likeness (QED) is 0.338. The third kappa shape index (κ3) is 4.25. The number of nitrogens with zero attached hydrogens (tertiary/aromatic N) is 1. The molecular weight excluding hydrogens is 386 g/mol. The van der Waals surface area contributed by atoms with Gasteiger partial charge in [-0.15, -0.1) is 0 Å². The van der Waals surface area contributed by atoms with Gasteiger partial charge in [0, 0.05) is 28.9 Å². The number of thioether (sulfide) groups is 1. The molecule has 0 N–H and O–H groups in total. The minimum atomic E-state index is -4.21. The molecule has 0 unspecified atom stereocenters. The van der Waals surface area contributed by atoms with E-state index in [2.05, 4.69) is 20.9 Å². The molecule has 0 bridgehead atoms. The van der Waals surface area contributed by atoms with Gasteiger partial charge in [0.15, 0.2) is 0 Å². The fourth-order valence-electron chi connectivity index (χ4n) is 2.54. The summed E-state index contributed by atoms with van der Waals surface area (Å²) in [5, 5.41) is -0.0237. The number of rotatable bonds is 4. The lowest BCUT2D eigenvalue weighted by molar-refractivity contribution is 0.343. The Labute approximate surface area is 161 Å². The van der Waals surface area contributed by atoms with E-state index in [-0.39, 0.29) is 12.2 Å². The van der Waals surface area contributed by atoms with Gasteiger partial charge in [0.25, 0.3) is 0 Å². The van der Waals surface area contributed by atoms with E-state index in [1.54, 1.807) is 17.8 Å². The molecule has 1 aromatic heterocycles. The highest BCUT2D eigenvalue weighted by atomic mass is 32.2. The fourth-order valence-corrected chi connectivity index (χ4v) is 4.20. The first-order chi connectivity index (χ1) is 12.9. The van der Waals surface area contributed by atoms with Crippen molar-refractivity contribution in [1.29, 1.82) is 0 Å². The molecule has 6 nitrogen and oxygen atoms in total. The molecule has 1 aromatic carbocycles. The van der Waals surface area contributed by atoms with Crippen LogP contribution in [0.1, 0.15) is 30.0 Å². The molecule has 0 saturated heterocycles. The number of hydrogen-bond acceptors (Lipinski definition) is 6. The second-order valence-electron chi connectivity index (χ2n) is 5.60. The van der Waals surface area contributed by atoms with Gasteiger partial charge < -0.3 is 4.42 Å². The average Bonchev–Trinajstić information content (AvgIpc) is 2.60. The van der Waals surface area contributed by atoms with Gasteiger partial charge in [0.1, 0.15) is 5.58 Å². The van der Waals surface area contributed by atoms with E-state index in [9.17, 15) is 13.2 Å². The highest BCUT2D eigenvalue weighted by Gasteiger charge is 2.20. The Kier molecular flexibility index (Phi) is 5.71. The van der Waals surface area contributed by atoms with Crippen molar-refractivity contribution >= 4 is 38.9 Å². The van der Waals surface area contributed by atoms with Crippen LogP contribution in [0.15, 0.2) is 32.4 Å². The molecule has 2 heterocycles. The minimum absolute atomic E-state index is 0.0266. The average molecular weight is 401 g/mol. The van der Waals surface area contributed by atoms with E-state index in [1.165, 1.54) is 13.0 Å². The van der Waals surface area contributed by atoms with Crippen molar-refractivity contribution in [3.63, 3.8) is 0 Å². The summed E-state index contributed by atoms with van der Waals surface area (Å²) in [7, 11) is -4.21. The predicted molar refractivity (Wildman–Crippen MR) is 105 cm³/mol. The molecule has 1 aliphatic rings. The summed E-state index contributed by atoms with van der Waals surface area (Å²) in [6.07, 6.45) is 1.79. The van der Waals surface area contributed by atoms with Crippen molar-refractivity contribution in [2.75, 3.05) is 12.4 Å². The van der Waals surface area contributed by atoms with Crippen LogP contribution in [0.4, 0.5) is 0 Å². The molecule has 2 aromatic rings. The summed E-state index contributed by atoms with van der Waals surface area (Å²) < 4.78 is 33.9. The maximum Gasteiger partial charge on any atom is 0.342 e. The second kappa shape index (κ2) is 8.01. The second-order valence-corrected chi connectivity index (χ2v) is 8.26. The van der Waals surface area contributed by atoms with Crippen LogP contribution in [0.3, 0.4) is 0 Å². The van der Waals surface area contributed by atoms with E-state index in [0.29, 0.717) is 11.0 Å². The standard InChI is InChI=1S/C19H15NO5S2/c1-3-24-27(22,23)18(20-2)11-15-8-14-9-16-12-26-7-5-4-6-13(16)10-17(14)25-19(15)21/h8-11H,3,5,7,12H2,1H3. The molecule has 0 atom stereocenters. The maximum atomic E-state index is 12.3. The van der Waals surface area contributed by atoms with Gasteiger partial charge in [-0.3, -0.25) is 4.18 Å². The number of hydrogen-bond donors (Lipinski definition) is 0. The lowest BCUT2D eigenvalue weighted by Gasteiger charge is -2.09. The lowest BCUT2D eigenvalue weighted by atomic mass is 10.0. The van der Waals surface area contributed by atoms with Crippen molar-refractivity contribution in [3.8, 4) is 11.8 Å². The summed E-state index contributed by atoms with van der Waals surface area (Å²) in [6, 6.07) is 5.13. The van der Waals surface area contributed by atoms with Crippen molar-refractivity contribution in [2.24, 2.45) is 0 Å². The highest BCUT2D eigenvalue weighted by Crippen LogP contribution is 2.25. The van der Waals surface area contributed by atoms with Crippen LogP contribution < -0.4 is 5.63 Å². The fraction of sp³-hybridized carbons (Fsp3) is 0.263. The van der Waals surface area contributed by atoms with Crippen molar-refractivity contribution < 1.29 is 17.0 Å². The zero-order valence-electron chi connectivity index (χ0n) is 14.4. The topological polar surface area (TPSA) is 77.9 Å². The summed E-state index contributed by atoms with van der Waals surface area (Å²) >= 11 is 1.77. The van der Waals surface area contributed by atoms with Crippen LogP contribution in [-0.2, 0) is 20.1 Å². The van der Waals surface area contributed by atoms with Crippen molar-refractivity contribution in [3.05, 3.63) is 61.8 Å². The summed E-state index contributed by atoms with van der Waals surface area (Å²) in [5.74, 6) is 7.91.